The average molecular weight is 273 g/mol. The van der Waals surface area contributed by atoms with Gasteiger partial charge in [0.15, 0.2) is 5.82 Å². The third-order valence-electron chi connectivity index (χ3n) is 2.27. The van der Waals surface area contributed by atoms with E-state index in [2.05, 4.69) is 14.9 Å². The van der Waals surface area contributed by atoms with Gasteiger partial charge in [-0.05, 0) is 5.41 Å². The van der Waals surface area contributed by atoms with Gasteiger partial charge in [-0.3, -0.25) is 9.82 Å². The highest BCUT2D eigenvalue weighted by molar-refractivity contribution is 7.92. The molecule has 104 valence electrons. The monoisotopic (exact) mass is 273 g/mol. The fourth-order valence-corrected chi connectivity index (χ4v) is 3.16. The maximum Gasteiger partial charge on any atom is 0.234 e. The molecule has 1 aromatic rings. The first-order valence-corrected chi connectivity index (χ1v) is 7.61. The minimum atomic E-state index is -3.36. The first-order valence-electron chi connectivity index (χ1n) is 5.95. The molecule has 0 aliphatic heterocycles. The highest BCUT2D eigenvalue weighted by atomic mass is 32.2. The molecule has 0 aliphatic carbocycles. The Morgan fingerprint density at radius 2 is 1.78 bits per heavy atom. The summed E-state index contributed by atoms with van der Waals surface area (Å²) in [6, 6.07) is 1.74. The number of aromatic amines is 1. The lowest BCUT2D eigenvalue weighted by Gasteiger charge is -2.18. The summed E-state index contributed by atoms with van der Waals surface area (Å²) in [5, 5.41) is 6.84. The fraction of sp³-hybridized carbons (Fsp3) is 0.750. The van der Waals surface area contributed by atoms with E-state index in [1.54, 1.807) is 6.07 Å². The van der Waals surface area contributed by atoms with E-state index in [1.165, 1.54) is 0 Å². The van der Waals surface area contributed by atoms with Crippen molar-refractivity contribution in [3.63, 3.8) is 0 Å². The minimum Gasteiger partial charge on any atom is -0.280 e. The van der Waals surface area contributed by atoms with Gasteiger partial charge >= 0.3 is 0 Å². The van der Waals surface area contributed by atoms with Crippen LogP contribution in [0.2, 0.25) is 0 Å². The van der Waals surface area contributed by atoms with Gasteiger partial charge in [-0.1, -0.05) is 41.5 Å². The van der Waals surface area contributed by atoms with Crippen LogP contribution >= 0.6 is 0 Å². The van der Waals surface area contributed by atoms with Gasteiger partial charge in [0.2, 0.25) is 10.0 Å². The largest absolute Gasteiger partial charge is 0.280 e. The maximum absolute atomic E-state index is 11.9. The molecule has 0 saturated heterocycles. The average Bonchev–Trinajstić information content (AvgIpc) is 2.44. The number of nitrogens with zero attached hydrogens (tertiary/aromatic N) is 1. The topological polar surface area (TPSA) is 74.8 Å². The van der Waals surface area contributed by atoms with E-state index < -0.39 is 10.0 Å². The van der Waals surface area contributed by atoms with E-state index in [0.717, 1.165) is 5.69 Å². The van der Waals surface area contributed by atoms with Crippen LogP contribution in [0.4, 0.5) is 5.82 Å². The summed E-state index contributed by atoms with van der Waals surface area (Å²) in [6.07, 6.45) is 0. The van der Waals surface area contributed by atoms with Gasteiger partial charge in [0, 0.05) is 17.2 Å². The second kappa shape index (κ2) is 4.57. The molecule has 6 heteroatoms. The molecule has 0 aromatic carbocycles. The number of H-pyrrole nitrogens is 1. The first kappa shape index (κ1) is 15.0. The van der Waals surface area contributed by atoms with E-state index in [1.807, 2.05) is 41.5 Å². The van der Waals surface area contributed by atoms with Crippen LogP contribution in [0.25, 0.3) is 0 Å². The quantitative estimate of drug-likeness (QED) is 0.888. The van der Waals surface area contributed by atoms with Crippen LogP contribution < -0.4 is 4.72 Å². The molecule has 0 spiro atoms. The van der Waals surface area contributed by atoms with Crippen molar-refractivity contribution in [3.05, 3.63) is 11.8 Å². The normalized spacial score (nSPS) is 13.7. The zero-order valence-corrected chi connectivity index (χ0v) is 12.8. The van der Waals surface area contributed by atoms with Crippen molar-refractivity contribution in [1.29, 1.82) is 0 Å². The molecule has 5 nitrogen and oxygen atoms in total. The molecule has 0 aliphatic rings. The zero-order valence-electron chi connectivity index (χ0n) is 12.0. The van der Waals surface area contributed by atoms with Gasteiger partial charge in [0.1, 0.15) is 0 Å². The minimum absolute atomic E-state index is 0.0672. The smallest absolute Gasteiger partial charge is 0.234 e. The van der Waals surface area contributed by atoms with Gasteiger partial charge < -0.3 is 0 Å². The van der Waals surface area contributed by atoms with E-state index in [-0.39, 0.29) is 16.6 Å². The molecule has 18 heavy (non-hydrogen) atoms. The van der Waals surface area contributed by atoms with Crippen LogP contribution in [0.1, 0.15) is 47.2 Å². The van der Waals surface area contributed by atoms with Crippen molar-refractivity contribution in [2.24, 2.45) is 5.41 Å². The number of hydrogen-bond acceptors (Lipinski definition) is 3. The molecular weight excluding hydrogens is 250 g/mol. The Labute approximate surface area is 109 Å². The van der Waals surface area contributed by atoms with Gasteiger partial charge in [0.25, 0.3) is 0 Å². The van der Waals surface area contributed by atoms with E-state index in [0.29, 0.717) is 5.82 Å². The summed E-state index contributed by atoms with van der Waals surface area (Å²) in [5.74, 6) is 0.418. The second-order valence-electron chi connectivity index (χ2n) is 6.84. The first-order chi connectivity index (χ1) is 7.89. The van der Waals surface area contributed by atoms with Crippen LogP contribution in [0.15, 0.2) is 6.07 Å². The molecule has 0 bridgehead atoms. The van der Waals surface area contributed by atoms with Gasteiger partial charge in [0.05, 0.1) is 5.75 Å². The van der Waals surface area contributed by atoms with Gasteiger partial charge in [-0.15, -0.1) is 0 Å². The maximum atomic E-state index is 11.9. The molecular formula is C12H23N3O2S. The summed E-state index contributed by atoms with van der Waals surface area (Å²) in [5.41, 5.74) is 0.534. The molecule has 0 fully saturated rings. The van der Waals surface area contributed by atoms with Crippen molar-refractivity contribution >= 4 is 15.8 Å². The molecule has 2 N–H and O–H groups in total. The lowest BCUT2D eigenvalue weighted by molar-refractivity contribution is 0.463. The summed E-state index contributed by atoms with van der Waals surface area (Å²) < 4.78 is 26.3. The Balaban J connectivity index is 2.83. The molecule has 1 heterocycles. The zero-order chi connectivity index (χ0) is 14.2. The van der Waals surface area contributed by atoms with Gasteiger partial charge in [-0.25, -0.2) is 8.42 Å². The molecule has 0 unspecified atom stereocenters. The molecule has 0 atom stereocenters. The molecule has 1 rings (SSSR count). The van der Waals surface area contributed by atoms with Crippen molar-refractivity contribution in [1.82, 2.24) is 10.2 Å². The Kier molecular flexibility index (Phi) is 3.81. The van der Waals surface area contributed by atoms with Crippen molar-refractivity contribution in [2.45, 2.75) is 47.0 Å². The van der Waals surface area contributed by atoms with Gasteiger partial charge in [-0.2, -0.15) is 5.10 Å². The van der Waals surface area contributed by atoms with E-state index in [4.69, 9.17) is 0 Å². The Morgan fingerprint density at radius 3 is 2.17 bits per heavy atom. The summed E-state index contributed by atoms with van der Waals surface area (Å²) >= 11 is 0. The van der Waals surface area contributed by atoms with Crippen molar-refractivity contribution < 1.29 is 8.42 Å². The third-order valence-corrected chi connectivity index (χ3v) is 4.04. The van der Waals surface area contributed by atoms with E-state index in [9.17, 15) is 8.42 Å². The molecule has 0 amide bonds. The highest BCUT2D eigenvalue weighted by Crippen LogP contribution is 2.23. The van der Waals surface area contributed by atoms with Crippen LogP contribution in [-0.4, -0.2) is 24.4 Å². The SMILES string of the molecule is CC(C)(C)CS(=O)(=O)Nc1cc(C(C)(C)C)[nH]n1. The molecule has 0 saturated carbocycles. The van der Waals surface area contributed by atoms with Crippen molar-refractivity contribution in [3.8, 4) is 0 Å². The third kappa shape index (κ3) is 4.68. The van der Waals surface area contributed by atoms with Crippen LogP contribution in [0.5, 0.6) is 0 Å². The Bertz CT molecular complexity index is 504. The Hall–Kier alpha value is -1.04. The van der Waals surface area contributed by atoms with Crippen LogP contribution in [-0.2, 0) is 15.4 Å². The lowest BCUT2D eigenvalue weighted by atomic mass is 9.92. The van der Waals surface area contributed by atoms with Crippen LogP contribution in [0.3, 0.4) is 0 Å². The summed E-state index contributed by atoms with van der Waals surface area (Å²) in [6.45, 7) is 11.8. The summed E-state index contributed by atoms with van der Waals surface area (Å²) in [7, 11) is -3.36. The number of hydrogen-bond donors (Lipinski definition) is 2. The number of sulfonamides is 1. The molecule has 1 aromatic heterocycles. The standard InChI is InChI=1S/C12H23N3O2S/c1-11(2,3)8-18(16,17)15-10-7-9(13-14-10)12(4,5)6/h7H,8H2,1-6H3,(H2,13,14,15). The van der Waals surface area contributed by atoms with E-state index >= 15 is 0 Å². The number of rotatable bonds is 3. The molecule has 0 radical (unpaired) electrons. The van der Waals surface area contributed by atoms with Crippen LogP contribution in [0, 0.1) is 5.41 Å². The summed E-state index contributed by atoms with van der Waals surface area (Å²) in [4.78, 5) is 0. The van der Waals surface area contributed by atoms with Crippen molar-refractivity contribution in [2.75, 3.05) is 10.5 Å². The number of aromatic nitrogens is 2. The number of nitrogens with one attached hydrogen (secondary N) is 2. The second-order valence-corrected chi connectivity index (χ2v) is 8.56. The predicted octanol–water partition coefficient (Wildman–Crippen LogP) is 2.50. The highest BCUT2D eigenvalue weighted by Gasteiger charge is 2.23. The predicted molar refractivity (Wildman–Crippen MR) is 74.2 cm³/mol. The fourth-order valence-electron chi connectivity index (χ4n) is 1.52. The lowest BCUT2D eigenvalue weighted by Crippen LogP contribution is -2.26. The Morgan fingerprint density at radius 1 is 1.22 bits per heavy atom. The number of anilines is 1.